The molecule has 1 N–H and O–H groups in total. The molecule has 2 aromatic carbocycles. The average Bonchev–Trinajstić information content (AvgIpc) is 3.10. The van der Waals surface area contributed by atoms with E-state index in [1.54, 1.807) is 0 Å². The Morgan fingerprint density at radius 2 is 1.96 bits per heavy atom. The summed E-state index contributed by atoms with van der Waals surface area (Å²) in [6, 6.07) is 15.5. The molecule has 0 radical (unpaired) electrons. The number of nitrogens with one attached hydrogen (secondary N) is 1. The second kappa shape index (κ2) is 7.73. The Balaban J connectivity index is 1.91. The molecular formula is C22H29N3. The van der Waals surface area contributed by atoms with E-state index in [2.05, 4.69) is 80.5 Å². The minimum Gasteiger partial charge on any atom is -0.326 e. The second-order valence-electron chi connectivity index (χ2n) is 7.05. The first-order valence-electron chi connectivity index (χ1n) is 9.36. The Hall–Kier alpha value is -2.29. The first-order valence-corrected chi connectivity index (χ1v) is 9.36. The van der Waals surface area contributed by atoms with E-state index in [4.69, 9.17) is 4.99 Å². The van der Waals surface area contributed by atoms with E-state index in [1.807, 2.05) is 0 Å². The maximum Gasteiger partial charge on any atom is 0.203 e. The van der Waals surface area contributed by atoms with Crippen molar-refractivity contribution in [3.63, 3.8) is 0 Å². The Labute approximate surface area is 151 Å². The summed E-state index contributed by atoms with van der Waals surface area (Å²) in [7, 11) is 2.09. The van der Waals surface area contributed by atoms with Crippen molar-refractivity contribution >= 4 is 17.3 Å². The van der Waals surface area contributed by atoms with Gasteiger partial charge in [-0.3, -0.25) is 0 Å². The number of benzene rings is 2. The molecule has 0 bridgehead atoms. The number of nitrogens with zero attached hydrogens (tertiary/aromatic N) is 2. The highest BCUT2D eigenvalue weighted by molar-refractivity contribution is 6.05. The van der Waals surface area contributed by atoms with Crippen LogP contribution in [0.25, 0.3) is 0 Å². The van der Waals surface area contributed by atoms with E-state index in [0.29, 0.717) is 0 Å². The van der Waals surface area contributed by atoms with Crippen LogP contribution in [0.3, 0.4) is 0 Å². The molecule has 3 heteroatoms. The molecule has 3 rings (SSSR count). The van der Waals surface area contributed by atoms with Crippen LogP contribution < -0.4 is 10.2 Å². The van der Waals surface area contributed by atoms with Gasteiger partial charge in [0.05, 0.1) is 0 Å². The smallest absolute Gasteiger partial charge is 0.203 e. The second-order valence-corrected chi connectivity index (χ2v) is 7.05. The van der Waals surface area contributed by atoms with Gasteiger partial charge in [0.1, 0.15) is 0 Å². The summed E-state index contributed by atoms with van der Waals surface area (Å²) in [6.07, 6.45) is 4.63. The van der Waals surface area contributed by atoms with Crippen LogP contribution in [0, 0.1) is 0 Å². The van der Waals surface area contributed by atoms with Crippen LogP contribution in [-0.4, -0.2) is 19.0 Å². The lowest BCUT2D eigenvalue weighted by Gasteiger charge is -2.25. The minimum absolute atomic E-state index is 0.232. The number of hydrogen-bond donors (Lipinski definition) is 1. The number of fused-ring (bicyclic) bond motifs is 1. The van der Waals surface area contributed by atoms with Crippen molar-refractivity contribution in [2.45, 2.75) is 52.5 Å². The third-order valence-corrected chi connectivity index (χ3v) is 4.80. The van der Waals surface area contributed by atoms with E-state index in [9.17, 15) is 0 Å². The van der Waals surface area contributed by atoms with Crippen LogP contribution >= 0.6 is 0 Å². The molecule has 0 aliphatic heterocycles. The summed E-state index contributed by atoms with van der Waals surface area (Å²) in [5, 5.41) is 3.62. The van der Waals surface area contributed by atoms with Crippen LogP contribution in [0.5, 0.6) is 0 Å². The summed E-state index contributed by atoms with van der Waals surface area (Å²) in [6.45, 7) is 6.43. The molecule has 0 spiro atoms. The highest BCUT2D eigenvalue weighted by Crippen LogP contribution is 2.29. The van der Waals surface area contributed by atoms with Crippen LogP contribution in [0.15, 0.2) is 47.5 Å². The average molecular weight is 335 g/mol. The van der Waals surface area contributed by atoms with Gasteiger partial charge in [-0.05, 0) is 74.4 Å². The van der Waals surface area contributed by atoms with Gasteiger partial charge in [-0.1, -0.05) is 31.2 Å². The summed E-state index contributed by atoms with van der Waals surface area (Å²) in [4.78, 5) is 7.02. The number of anilines is 2. The number of hydrogen-bond acceptors (Lipinski definition) is 1. The maximum absolute atomic E-state index is 4.86. The van der Waals surface area contributed by atoms with Crippen LogP contribution in [0.1, 0.15) is 43.9 Å². The van der Waals surface area contributed by atoms with E-state index in [0.717, 1.165) is 18.8 Å². The molecule has 0 saturated heterocycles. The lowest BCUT2D eigenvalue weighted by molar-refractivity contribution is 0.830. The van der Waals surface area contributed by atoms with E-state index in [1.165, 1.54) is 40.9 Å². The summed E-state index contributed by atoms with van der Waals surface area (Å²) in [5.74, 6) is 0.906. The summed E-state index contributed by atoms with van der Waals surface area (Å²) < 4.78 is 0. The Morgan fingerprint density at radius 3 is 2.72 bits per heavy atom. The third kappa shape index (κ3) is 4.04. The van der Waals surface area contributed by atoms with Crippen molar-refractivity contribution in [2.75, 3.05) is 17.3 Å². The van der Waals surface area contributed by atoms with Gasteiger partial charge >= 0.3 is 0 Å². The first-order chi connectivity index (χ1) is 12.1. The number of aryl methyl sites for hydroxylation is 2. The molecule has 0 aromatic heterocycles. The largest absolute Gasteiger partial charge is 0.326 e. The lowest BCUT2D eigenvalue weighted by atomic mass is 10.1. The SMILES string of the molecule is CCc1cccc(N(C)C(=NC(C)C)Nc2cccc3c2CCC3)c1. The molecule has 0 fully saturated rings. The number of guanidine groups is 1. The number of rotatable bonds is 4. The highest BCUT2D eigenvalue weighted by Gasteiger charge is 2.17. The first kappa shape index (κ1) is 17.5. The van der Waals surface area contributed by atoms with Crippen molar-refractivity contribution in [2.24, 2.45) is 4.99 Å². The molecule has 25 heavy (non-hydrogen) atoms. The molecule has 0 unspecified atom stereocenters. The van der Waals surface area contributed by atoms with Crippen molar-refractivity contribution in [3.8, 4) is 0 Å². The molecule has 0 saturated carbocycles. The molecular weight excluding hydrogens is 306 g/mol. The molecule has 3 nitrogen and oxygen atoms in total. The van der Waals surface area contributed by atoms with E-state index < -0.39 is 0 Å². The molecule has 1 aliphatic carbocycles. The zero-order valence-electron chi connectivity index (χ0n) is 15.8. The lowest BCUT2D eigenvalue weighted by Crippen LogP contribution is -2.34. The third-order valence-electron chi connectivity index (χ3n) is 4.80. The van der Waals surface area contributed by atoms with Gasteiger partial charge in [0.15, 0.2) is 0 Å². The normalized spacial score (nSPS) is 13.9. The Bertz CT molecular complexity index is 762. The van der Waals surface area contributed by atoms with Gasteiger partial charge in [-0.15, -0.1) is 0 Å². The molecule has 2 aromatic rings. The van der Waals surface area contributed by atoms with E-state index in [-0.39, 0.29) is 6.04 Å². The topological polar surface area (TPSA) is 27.6 Å². The zero-order valence-corrected chi connectivity index (χ0v) is 15.8. The van der Waals surface area contributed by atoms with E-state index >= 15 is 0 Å². The fraction of sp³-hybridized carbons (Fsp3) is 0.409. The van der Waals surface area contributed by atoms with Gasteiger partial charge in [-0.25, -0.2) is 4.99 Å². The Kier molecular flexibility index (Phi) is 5.42. The van der Waals surface area contributed by atoms with Crippen molar-refractivity contribution < 1.29 is 0 Å². The van der Waals surface area contributed by atoms with Gasteiger partial charge in [-0.2, -0.15) is 0 Å². The predicted octanol–water partition coefficient (Wildman–Crippen LogP) is 5.05. The van der Waals surface area contributed by atoms with Crippen molar-refractivity contribution in [1.29, 1.82) is 0 Å². The summed E-state index contributed by atoms with van der Waals surface area (Å²) >= 11 is 0. The molecule has 132 valence electrons. The molecule has 0 atom stereocenters. The van der Waals surface area contributed by atoms with Crippen LogP contribution in [0.4, 0.5) is 11.4 Å². The van der Waals surface area contributed by atoms with Gasteiger partial charge in [0, 0.05) is 24.5 Å². The molecule has 0 amide bonds. The fourth-order valence-electron chi connectivity index (χ4n) is 3.41. The zero-order chi connectivity index (χ0) is 17.8. The van der Waals surface area contributed by atoms with Crippen molar-refractivity contribution in [1.82, 2.24) is 0 Å². The van der Waals surface area contributed by atoms with Gasteiger partial charge in [0.25, 0.3) is 0 Å². The Morgan fingerprint density at radius 1 is 1.16 bits per heavy atom. The highest BCUT2D eigenvalue weighted by atomic mass is 15.3. The monoisotopic (exact) mass is 335 g/mol. The standard InChI is InChI=1S/C22H29N3/c1-5-17-9-6-12-19(15-17)25(4)22(23-16(2)3)24-21-14-8-11-18-10-7-13-20(18)21/h6,8-9,11-12,14-16H,5,7,10,13H2,1-4H3,(H,23,24). The molecule has 0 heterocycles. The number of aliphatic imine (C=N–C) groups is 1. The molecule has 1 aliphatic rings. The summed E-state index contributed by atoms with van der Waals surface area (Å²) in [5.41, 5.74) is 6.64. The quantitative estimate of drug-likeness (QED) is 0.625. The van der Waals surface area contributed by atoms with Crippen LogP contribution in [-0.2, 0) is 19.3 Å². The fourth-order valence-corrected chi connectivity index (χ4v) is 3.41. The maximum atomic E-state index is 4.86. The predicted molar refractivity (Wildman–Crippen MR) is 109 cm³/mol. The van der Waals surface area contributed by atoms with Gasteiger partial charge < -0.3 is 10.2 Å². The van der Waals surface area contributed by atoms with Gasteiger partial charge in [0.2, 0.25) is 5.96 Å². The minimum atomic E-state index is 0.232. The van der Waals surface area contributed by atoms with Crippen molar-refractivity contribution in [3.05, 3.63) is 59.2 Å². The van der Waals surface area contributed by atoms with Crippen LogP contribution in [0.2, 0.25) is 0 Å².